The van der Waals surface area contributed by atoms with Gasteiger partial charge in [0, 0.05) is 37.9 Å². The number of aryl methyl sites for hydroxylation is 1. The topological polar surface area (TPSA) is 58.3 Å². The second-order valence-electron chi connectivity index (χ2n) is 6.15. The van der Waals surface area contributed by atoms with E-state index in [0.29, 0.717) is 12.1 Å². The first-order valence-electron chi connectivity index (χ1n) is 7.71. The molecule has 0 amide bonds. The Morgan fingerprint density at radius 2 is 2.05 bits per heavy atom. The molecule has 0 spiro atoms. The average molecular weight is 275 g/mol. The SMILES string of the molecule is Cc1nccc(CN2CCC(N3CCC(N)CC3)C2)n1. The second kappa shape index (κ2) is 6.16. The molecule has 110 valence electrons. The number of nitrogens with two attached hydrogens (primary N) is 1. The fraction of sp³-hybridized carbons (Fsp3) is 0.733. The van der Waals surface area contributed by atoms with Crippen molar-refractivity contribution in [2.45, 2.75) is 44.8 Å². The van der Waals surface area contributed by atoms with Gasteiger partial charge < -0.3 is 5.73 Å². The summed E-state index contributed by atoms with van der Waals surface area (Å²) in [6, 6.07) is 3.17. The van der Waals surface area contributed by atoms with Crippen molar-refractivity contribution in [2.75, 3.05) is 26.2 Å². The maximum absolute atomic E-state index is 5.99. The van der Waals surface area contributed by atoms with E-state index in [1.165, 1.54) is 26.1 Å². The molecule has 0 aliphatic carbocycles. The van der Waals surface area contributed by atoms with E-state index in [2.05, 4.69) is 19.8 Å². The number of likely N-dealkylation sites (tertiary alicyclic amines) is 2. The molecule has 3 heterocycles. The van der Waals surface area contributed by atoms with Crippen LogP contribution in [0, 0.1) is 6.92 Å². The zero-order chi connectivity index (χ0) is 13.9. The van der Waals surface area contributed by atoms with Crippen LogP contribution in [0.4, 0.5) is 0 Å². The van der Waals surface area contributed by atoms with Gasteiger partial charge >= 0.3 is 0 Å². The van der Waals surface area contributed by atoms with Crippen molar-refractivity contribution in [3.8, 4) is 0 Å². The van der Waals surface area contributed by atoms with Crippen molar-refractivity contribution in [3.05, 3.63) is 23.8 Å². The van der Waals surface area contributed by atoms with E-state index in [9.17, 15) is 0 Å². The summed E-state index contributed by atoms with van der Waals surface area (Å²) in [6.07, 6.45) is 5.44. The fourth-order valence-electron chi connectivity index (χ4n) is 3.36. The van der Waals surface area contributed by atoms with Crippen LogP contribution in [0.5, 0.6) is 0 Å². The van der Waals surface area contributed by atoms with Crippen LogP contribution < -0.4 is 5.73 Å². The zero-order valence-electron chi connectivity index (χ0n) is 12.3. The smallest absolute Gasteiger partial charge is 0.125 e. The number of nitrogens with zero attached hydrogens (tertiary/aromatic N) is 4. The van der Waals surface area contributed by atoms with Gasteiger partial charge in [-0.2, -0.15) is 0 Å². The Balaban J connectivity index is 1.52. The fourth-order valence-corrected chi connectivity index (χ4v) is 3.36. The molecule has 2 saturated heterocycles. The normalized spacial score (nSPS) is 26.2. The number of piperidine rings is 1. The van der Waals surface area contributed by atoms with Gasteiger partial charge in [-0.15, -0.1) is 0 Å². The Morgan fingerprint density at radius 3 is 2.80 bits per heavy atom. The van der Waals surface area contributed by atoms with Crippen LogP contribution in [0.3, 0.4) is 0 Å². The lowest BCUT2D eigenvalue weighted by atomic mass is 10.0. The summed E-state index contributed by atoms with van der Waals surface area (Å²) in [7, 11) is 0. The van der Waals surface area contributed by atoms with Gasteiger partial charge in [-0.05, 0) is 45.3 Å². The zero-order valence-corrected chi connectivity index (χ0v) is 12.3. The van der Waals surface area contributed by atoms with Crippen LogP contribution in [-0.2, 0) is 6.54 Å². The molecule has 5 nitrogen and oxygen atoms in total. The molecule has 5 heteroatoms. The van der Waals surface area contributed by atoms with Crippen LogP contribution in [-0.4, -0.2) is 58.0 Å². The Morgan fingerprint density at radius 1 is 1.25 bits per heavy atom. The van der Waals surface area contributed by atoms with E-state index in [1.54, 1.807) is 0 Å². The quantitative estimate of drug-likeness (QED) is 0.883. The molecule has 1 aromatic heterocycles. The summed E-state index contributed by atoms with van der Waals surface area (Å²) in [5.74, 6) is 0.864. The maximum Gasteiger partial charge on any atom is 0.125 e. The van der Waals surface area contributed by atoms with Crippen LogP contribution in [0.2, 0.25) is 0 Å². The van der Waals surface area contributed by atoms with Gasteiger partial charge in [0.25, 0.3) is 0 Å². The lowest BCUT2D eigenvalue weighted by molar-refractivity contribution is 0.151. The third kappa shape index (κ3) is 3.34. The molecular weight excluding hydrogens is 250 g/mol. The summed E-state index contributed by atoms with van der Waals surface area (Å²) in [6.45, 7) is 7.59. The first-order valence-corrected chi connectivity index (χ1v) is 7.71. The minimum absolute atomic E-state index is 0.424. The molecule has 0 radical (unpaired) electrons. The summed E-state index contributed by atoms with van der Waals surface area (Å²) in [4.78, 5) is 13.8. The second-order valence-corrected chi connectivity index (χ2v) is 6.15. The van der Waals surface area contributed by atoms with Gasteiger partial charge in [-0.25, -0.2) is 9.97 Å². The minimum atomic E-state index is 0.424. The highest BCUT2D eigenvalue weighted by atomic mass is 15.3. The third-order valence-corrected chi connectivity index (χ3v) is 4.56. The molecule has 1 unspecified atom stereocenters. The molecule has 0 aromatic carbocycles. The van der Waals surface area contributed by atoms with Gasteiger partial charge in [0.05, 0.1) is 5.69 Å². The molecule has 2 aliphatic rings. The Labute approximate surface area is 121 Å². The van der Waals surface area contributed by atoms with Crippen molar-refractivity contribution >= 4 is 0 Å². The van der Waals surface area contributed by atoms with Crippen molar-refractivity contribution in [2.24, 2.45) is 5.73 Å². The third-order valence-electron chi connectivity index (χ3n) is 4.56. The van der Waals surface area contributed by atoms with Gasteiger partial charge in [0.2, 0.25) is 0 Å². The molecule has 2 fully saturated rings. The van der Waals surface area contributed by atoms with Crippen LogP contribution in [0.15, 0.2) is 12.3 Å². The Kier molecular flexibility index (Phi) is 4.29. The summed E-state index contributed by atoms with van der Waals surface area (Å²) in [5.41, 5.74) is 7.13. The minimum Gasteiger partial charge on any atom is -0.328 e. The number of hydrogen-bond acceptors (Lipinski definition) is 5. The molecule has 0 bridgehead atoms. The van der Waals surface area contributed by atoms with E-state index in [0.717, 1.165) is 37.4 Å². The van der Waals surface area contributed by atoms with E-state index >= 15 is 0 Å². The predicted molar refractivity (Wildman–Crippen MR) is 79.2 cm³/mol. The number of rotatable bonds is 3. The van der Waals surface area contributed by atoms with Crippen molar-refractivity contribution < 1.29 is 0 Å². The summed E-state index contributed by atoms with van der Waals surface area (Å²) >= 11 is 0. The van der Waals surface area contributed by atoms with Crippen LogP contribution in [0.25, 0.3) is 0 Å². The summed E-state index contributed by atoms with van der Waals surface area (Å²) < 4.78 is 0. The molecule has 2 N–H and O–H groups in total. The molecular formula is C15H25N5. The Hall–Kier alpha value is -1.04. The Bertz CT molecular complexity index is 442. The molecule has 2 aliphatic heterocycles. The molecule has 3 rings (SSSR count). The van der Waals surface area contributed by atoms with E-state index in [4.69, 9.17) is 5.73 Å². The van der Waals surface area contributed by atoms with E-state index in [-0.39, 0.29) is 0 Å². The molecule has 1 atom stereocenters. The predicted octanol–water partition coefficient (Wildman–Crippen LogP) is 0.782. The highest BCUT2D eigenvalue weighted by molar-refractivity contribution is 5.02. The van der Waals surface area contributed by atoms with Crippen molar-refractivity contribution in [1.29, 1.82) is 0 Å². The van der Waals surface area contributed by atoms with E-state index in [1.807, 2.05) is 19.2 Å². The maximum atomic E-state index is 5.99. The monoisotopic (exact) mass is 275 g/mol. The lowest BCUT2D eigenvalue weighted by Crippen LogP contribution is -2.46. The average Bonchev–Trinajstić information content (AvgIpc) is 2.88. The standard InChI is InChI=1S/C15H25N5/c1-12-17-6-2-14(18-12)10-19-7-5-15(11-19)20-8-3-13(16)4-9-20/h2,6,13,15H,3-5,7-11,16H2,1H3. The van der Waals surface area contributed by atoms with Gasteiger partial charge in [-0.1, -0.05) is 0 Å². The largest absolute Gasteiger partial charge is 0.328 e. The first kappa shape index (κ1) is 13.9. The first-order chi connectivity index (χ1) is 9.70. The van der Waals surface area contributed by atoms with E-state index < -0.39 is 0 Å². The summed E-state index contributed by atoms with van der Waals surface area (Å²) in [5, 5.41) is 0. The number of hydrogen-bond donors (Lipinski definition) is 1. The molecule has 0 saturated carbocycles. The van der Waals surface area contributed by atoms with Crippen LogP contribution in [0.1, 0.15) is 30.8 Å². The van der Waals surface area contributed by atoms with Gasteiger partial charge in [0.1, 0.15) is 5.82 Å². The van der Waals surface area contributed by atoms with Gasteiger partial charge in [-0.3, -0.25) is 9.80 Å². The lowest BCUT2D eigenvalue weighted by Gasteiger charge is -2.34. The van der Waals surface area contributed by atoms with Crippen molar-refractivity contribution in [1.82, 2.24) is 19.8 Å². The molecule has 1 aromatic rings. The van der Waals surface area contributed by atoms with Crippen molar-refractivity contribution in [3.63, 3.8) is 0 Å². The highest BCUT2D eigenvalue weighted by Gasteiger charge is 2.29. The van der Waals surface area contributed by atoms with Gasteiger partial charge in [0.15, 0.2) is 0 Å². The number of aromatic nitrogens is 2. The highest BCUT2D eigenvalue weighted by Crippen LogP contribution is 2.21. The van der Waals surface area contributed by atoms with Crippen LogP contribution >= 0.6 is 0 Å². The molecule has 20 heavy (non-hydrogen) atoms.